The van der Waals surface area contributed by atoms with E-state index in [1.54, 1.807) is 0 Å². The Labute approximate surface area is 131 Å². The minimum Gasteiger partial charge on any atom is -0.350 e. The first-order chi connectivity index (χ1) is 10.5. The molecule has 2 fully saturated rings. The van der Waals surface area contributed by atoms with Gasteiger partial charge in [0.15, 0.2) is 0 Å². The summed E-state index contributed by atoms with van der Waals surface area (Å²) < 4.78 is 0. The lowest BCUT2D eigenvalue weighted by molar-refractivity contribution is 0.0727. The molecule has 3 nitrogen and oxygen atoms in total. The molecule has 2 bridgehead atoms. The molecular formula is C19H24N2O. The molecule has 2 atom stereocenters. The molecule has 1 saturated carbocycles. The van der Waals surface area contributed by atoms with Gasteiger partial charge in [-0.3, -0.25) is 4.79 Å². The van der Waals surface area contributed by atoms with Crippen molar-refractivity contribution in [1.29, 1.82) is 0 Å². The number of amides is 1. The fourth-order valence-electron chi connectivity index (χ4n) is 4.53. The Kier molecular flexibility index (Phi) is 3.07. The third kappa shape index (κ3) is 1.98. The minimum atomic E-state index is 0.208. The van der Waals surface area contributed by atoms with Gasteiger partial charge in [0.1, 0.15) is 5.69 Å². The van der Waals surface area contributed by atoms with Crippen molar-refractivity contribution in [2.75, 3.05) is 6.54 Å². The highest BCUT2D eigenvalue weighted by molar-refractivity contribution is 6.02. The van der Waals surface area contributed by atoms with Crippen LogP contribution >= 0.6 is 0 Å². The van der Waals surface area contributed by atoms with Gasteiger partial charge in [-0.2, -0.15) is 0 Å². The molecule has 0 spiro atoms. The molecule has 116 valence electrons. The molecule has 1 aromatic carbocycles. The summed E-state index contributed by atoms with van der Waals surface area (Å²) in [6.45, 7) is 7.26. The maximum Gasteiger partial charge on any atom is 0.270 e. The first kappa shape index (κ1) is 13.9. The smallest absolute Gasteiger partial charge is 0.270 e. The highest BCUT2D eigenvalue weighted by atomic mass is 16.2. The molecular weight excluding hydrogens is 272 g/mol. The van der Waals surface area contributed by atoms with Crippen molar-refractivity contribution in [2.24, 2.45) is 5.92 Å². The van der Waals surface area contributed by atoms with Crippen molar-refractivity contribution in [3.05, 3.63) is 34.5 Å². The number of fused-ring (bicyclic) bond motifs is 3. The van der Waals surface area contributed by atoms with E-state index in [1.165, 1.54) is 42.2 Å². The van der Waals surface area contributed by atoms with Crippen molar-refractivity contribution in [2.45, 2.75) is 52.5 Å². The van der Waals surface area contributed by atoms with E-state index in [0.717, 1.165) is 29.2 Å². The zero-order chi connectivity index (χ0) is 15.4. The van der Waals surface area contributed by atoms with E-state index < -0.39 is 0 Å². The Morgan fingerprint density at radius 3 is 2.82 bits per heavy atom. The number of aromatic amines is 1. The quantitative estimate of drug-likeness (QED) is 0.844. The monoisotopic (exact) mass is 296 g/mol. The second kappa shape index (κ2) is 4.87. The van der Waals surface area contributed by atoms with Gasteiger partial charge in [-0.15, -0.1) is 0 Å². The summed E-state index contributed by atoms with van der Waals surface area (Å²) in [5.74, 6) is 0.941. The molecule has 1 aliphatic heterocycles. The largest absolute Gasteiger partial charge is 0.350 e. The van der Waals surface area contributed by atoms with Crippen LogP contribution < -0.4 is 0 Å². The summed E-state index contributed by atoms with van der Waals surface area (Å²) in [4.78, 5) is 18.6. The third-order valence-corrected chi connectivity index (χ3v) is 5.63. The van der Waals surface area contributed by atoms with Gasteiger partial charge in [-0.25, -0.2) is 0 Å². The molecule has 3 heteroatoms. The van der Waals surface area contributed by atoms with Gasteiger partial charge >= 0.3 is 0 Å². The maximum atomic E-state index is 13.1. The first-order valence-electron chi connectivity index (χ1n) is 8.45. The number of aromatic nitrogens is 1. The second-order valence-electron chi connectivity index (χ2n) is 7.27. The predicted octanol–water partition coefficient (Wildman–Crippen LogP) is 4.11. The van der Waals surface area contributed by atoms with Gasteiger partial charge in [-0.05, 0) is 63.1 Å². The maximum absolute atomic E-state index is 13.1. The van der Waals surface area contributed by atoms with E-state index in [-0.39, 0.29) is 5.91 Å². The van der Waals surface area contributed by atoms with Crippen LogP contribution in [-0.2, 0) is 0 Å². The third-order valence-electron chi connectivity index (χ3n) is 5.63. The van der Waals surface area contributed by atoms with E-state index in [9.17, 15) is 4.79 Å². The van der Waals surface area contributed by atoms with Crippen molar-refractivity contribution in [3.8, 4) is 0 Å². The van der Waals surface area contributed by atoms with Crippen LogP contribution in [0.1, 0.15) is 52.9 Å². The van der Waals surface area contributed by atoms with E-state index in [4.69, 9.17) is 0 Å². The number of benzene rings is 1. The molecule has 2 aromatic rings. The molecule has 22 heavy (non-hydrogen) atoms. The summed E-state index contributed by atoms with van der Waals surface area (Å²) in [6.07, 6.45) is 4.97. The average Bonchev–Trinajstić information content (AvgIpc) is 2.96. The molecule has 1 aromatic heterocycles. The topological polar surface area (TPSA) is 36.1 Å². The van der Waals surface area contributed by atoms with Crippen LogP contribution in [0, 0.1) is 26.7 Å². The van der Waals surface area contributed by atoms with Crippen molar-refractivity contribution in [1.82, 2.24) is 9.88 Å². The Balaban J connectivity index is 1.76. The standard InChI is InChI=1S/C19H24N2O/c1-11-7-12(2)17-16(8-11)13(3)18(20-17)19(22)21-10-14-5-4-6-15(21)9-14/h7-8,14-15,20H,4-6,9-10H2,1-3H3/t14-,15+/m0/s1. The fraction of sp³-hybridized carbons (Fsp3) is 0.526. The number of hydrogen-bond donors (Lipinski definition) is 1. The van der Waals surface area contributed by atoms with Gasteiger partial charge < -0.3 is 9.88 Å². The van der Waals surface area contributed by atoms with Crippen LogP contribution in [-0.4, -0.2) is 28.4 Å². The van der Waals surface area contributed by atoms with E-state index in [2.05, 4.69) is 42.8 Å². The SMILES string of the molecule is Cc1cc(C)c2[nH]c(C(=O)N3C[C@H]4CCC[C@@H]3C4)c(C)c2c1. The highest BCUT2D eigenvalue weighted by Gasteiger charge is 2.38. The van der Waals surface area contributed by atoms with Gasteiger partial charge in [0, 0.05) is 23.5 Å². The Hall–Kier alpha value is -1.77. The van der Waals surface area contributed by atoms with Crippen molar-refractivity contribution < 1.29 is 4.79 Å². The molecule has 0 radical (unpaired) electrons. The van der Waals surface area contributed by atoms with Crippen LogP contribution in [0.5, 0.6) is 0 Å². The Morgan fingerprint density at radius 2 is 2.05 bits per heavy atom. The number of carbonyl (C=O) groups is 1. The van der Waals surface area contributed by atoms with Crippen LogP contribution in [0.25, 0.3) is 10.9 Å². The van der Waals surface area contributed by atoms with E-state index in [0.29, 0.717) is 6.04 Å². The number of nitrogens with one attached hydrogen (secondary N) is 1. The van der Waals surface area contributed by atoms with Crippen molar-refractivity contribution in [3.63, 3.8) is 0 Å². The Morgan fingerprint density at radius 1 is 1.23 bits per heavy atom. The number of nitrogens with zero attached hydrogens (tertiary/aromatic N) is 1. The lowest BCUT2D eigenvalue weighted by Gasteiger charge is -2.24. The first-order valence-corrected chi connectivity index (χ1v) is 8.45. The predicted molar refractivity (Wildman–Crippen MR) is 89.3 cm³/mol. The lowest BCUT2D eigenvalue weighted by Crippen LogP contribution is -2.35. The Bertz CT molecular complexity index is 758. The summed E-state index contributed by atoms with van der Waals surface area (Å²) in [7, 11) is 0. The molecule has 2 aliphatic rings. The van der Waals surface area contributed by atoms with Crippen LogP contribution in [0.15, 0.2) is 12.1 Å². The van der Waals surface area contributed by atoms with E-state index in [1.807, 2.05) is 0 Å². The molecule has 2 heterocycles. The normalized spacial score (nSPS) is 24.2. The summed E-state index contributed by atoms with van der Waals surface area (Å²) in [5, 5.41) is 1.20. The van der Waals surface area contributed by atoms with Crippen molar-refractivity contribution >= 4 is 16.8 Å². The zero-order valence-corrected chi connectivity index (χ0v) is 13.7. The zero-order valence-electron chi connectivity index (χ0n) is 13.7. The summed E-state index contributed by atoms with van der Waals surface area (Å²) in [6, 6.07) is 4.84. The van der Waals surface area contributed by atoms with Gasteiger partial charge in [0.05, 0.1) is 0 Å². The van der Waals surface area contributed by atoms with Gasteiger partial charge in [0.2, 0.25) is 0 Å². The number of carbonyl (C=O) groups excluding carboxylic acids is 1. The highest BCUT2D eigenvalue weighted by Crippen LogP contribution is 2.37. The van der Waals surface area contributed by atoms with Gasteiger partial charge in [0.25, 0.3) is 5.91 Å². The molecule has 1 amide bonds. The average molecular weight is 296 g/mol. The molecule has 1 saturated heterocycles. The minimum absolute atomic E-state index is 0.208. The van der Waals surface area contributed by atoms with Crippen LogP contribution in [0.3, 0.4) is 0 Å². The summed E-state index contributed by atoms with van der Waals surface area (Å²) >= 11 is 0. The number of H-pyrrole nitrogens is 1. The van der Waals surface area contributed by atoms with Crippen LogP contribution in [0.2, 0.25) is 0 Å². The molecule has 1 aliphatic carbocycles. The number of aryl methyl sites for hydroxylation is 3. The second-order valence-corrected chi connectivity index (χ2v) is 7.27. The number of likely N-dealkylation sites (tertiary alicyclic amines) is 1. The molecule has 1 N–H and O–H groups in total. The fourth-order valence-corrected chi connectivity index (χ4v) is 4.53. The molecule has 4 rings (SSSR count). The summed E-state index contributed by atoms with van der Waals surface area (Å²) in [5.41, 5.74) is 5.50. The van der Waals surface area contributed by atoms with E-state index >= 15 is 0 Å². The number of rotatable bonds is 1. The number of hydrogen-bond acceptors (Lipinski definition) is 1. The lowest BCUT2D eigenvalue weighted by atomic mass is 9.90. The van der Waals surface area contributed by atoms with Crippen LogP contribution in [0.4, 0.5) is 0 Å². The van der Waals surface area contributed by atoms with Gasteiger partial charge in [-0.1, -0.05) is 18.1 Å². The molecule has 0 unspecified atom stereocenters.